The molecule has 2 atom stereocenters. The molecule has 2 aliphatic heterocycles. The summed E-state index contributed by atoms with van der Waals surface area (Å²) < 4.78 is 20.9. The standard InChI is InChI=1S/C16H22FNO/c1-11(2)19-15-5-3-4-12(8-15)16(17)9-13-6-7-14(10-16)18-13/h3-5,8,11,13-14,18H,6-7,9-10H2,1-2H3. The second-order valence-corrected chi connectivity index (χ2v) is 6.21. The summed E-state index contributed by atoms with van der Waals surface area (Å²) in [6.07, 6.45) is 3.52. The van der Waals surface area contributed by atoms with Crippen LogP contribution >= 0.6 is 0 Å². The number of ether oxygens (including phenoxy) is 1. The van der Waals surface area contributed by atoms with Crippen molar-refractivity contribution in [2.45, 2.75) is 63.4 Å². The molecule has 2 fully saturated rings. The lowest BCUT2D eigenvalue weighted by Crippen LogP contribution is -2.44. The maximum absolute atomic E-state index is 15.3. The zero-order chi connectivity index (χ0) is 13.5. The van der Waals surface area contributed by atoms with Gasteiger partial charge in [0.05, 0.1) is 6.10 Å². The quantitative estimate of drug-likeness (QED) is 0.900. The van der Waals surface area contributed by atoms with Crippen LogP contribution in [0.2, 0.25) is 0 Å². The first-order valence-electron chi connectivity index (χ1n) is 7.27. The number of benzene rings is 1. The molecule has 0 aliphatic carbocycles. The topological polar surface area (TPSA) is 21.3 Å². The molecule has 0 aromatic heterocycles. The Morgan fingerprint density at radius 3 is 2.58 bits per heavy atom. The van der Waals surface area contributed by atoms with Crippen LogP contribution in [-0.4, -0.2) is 18.2 Å². The van der Waals surface area contributed by atoms with Crippen molar-refractivity contribution >= 4 is 0 Å². The van der Waals surface area contributed by atoms with E-state index in [4.69, 9.17) is 4.74 Å². The second-order valence-electron chi connectivity index (χ2n) is 6.21. The van der Waals surface area contributed by atoms with Gasteiger partial charge in [-0.3, -0.25) is 0 Å². The molecule has 1 aromatic rings. The second kappa shape index (κ2) is 4.78. The zero-order valence-electron chi connectivity index (χ0n) is 11.7. The Morgan fingerprint density at radius 2 is 1.95 bits per heavy atom. The molecule has 1 N–H and O–H groups in total. The van der Waals surface area contributed by atoms with Gasteiger partial charge in [-0.2, -0.15) is 0 Å². The van der Waals surface area contributed by atoms with Gasteiger partial charge in [0.25, 0.3) is 0 Å². The number of rotatable bonds is 3. The first kappa shape index (κ1) is 12.9. The van der Waals surface area contributed by atoms with E-state index in [9.17, 15) is 0 Å². The van der Waals surface area contributed by atoms with E-state index >= 15 is 4.39 Å². The van der Waals surface area contributed by atoms with E-state index in [2.05, 4.69) is 5.32 Å². The largest absolute Gasteiger partial charge is 0.491 e. The van der Waals surface area contributed by atoms with E-state index in [1.807, 2.05) is 38.1 Å². The van der Waals surface area contributed by atoms with Gasteiger partial charge >= 0.3 is 0 Å². The fourth-order valence-electron chi connectivity index (χ4n) is 3.44. The van der Waals surface area contributed by atoms with Crippen molar-refractivity contribution in [3.05, 3.63) is 29.8 Å². The highest BCUT2D eigenvalue weighted by Crippen LogP contribution is 2.44. The molecule has 2 nitrogen and oxygen atoms in total. The summed E-state index contributed by atoms with van der Waals surface area (Å²) in [4.78, 5) is 0. The number of hydrogen-bond acceptors (Lipinski definition) is 2. The molecule has 0 spiro atoms. The summed E-state index contributed by atoms with van der Waals surface area (Å²) in [6, 6.07) is 8.28. The van der Waals surface area contributed by atoms with Crippen LogP contribution in [0.15, 0.2) is 24.3 Å². The Morgan fingerprint density at radius 1 is 1.26 bits per heavy atom. The number of piperidine rings is 1. The summed E-state index contributed by atoms with van der Waals surface area (Å²) in [5.41, 5.74) is -0.406. The third-order valence-electron chi connectivity index (χ3n) is 4.20. The fraction of sp³-hybridized carbons (Fsp3) is 0.625. The lowest BCUT2D eigenvalue weighted by atomic mass is 9.83. The van der Waals surface area contributed by atoms with Crippen LogP contribution < -0.4 is 10.1 Å². The van der Waals surface area contributed by atoms with Gasteiger partial charge in [0.1, 0.15) is 11.4 Å². The predicted molar refractivity (Wildman–Crippen MR) is 74.2 cm³/mol. The normalized spacial score (nSPS) is 33.7. The molecule has 1 aromatic carbocycles. The Kier molecular flexibility index (Phi) is 3.25. The predicted octanol–water partition coefficient (Wildman–Crippen LogP) is 3.55. The minimum Gasteiger partial charge on any atom is -0.491 e. The van der Waals surface area contributed by atoms with Gasteiger partial charge in [-0.15, -0.1) is 0 Å². The van der Waals surface area contributed by atoms with Crippen LogP contribution in [0, 0.1) is 0 Å². The van der Waals surface area contributed by atoms with E-state index in [1.165, 1.54) is 0 Å². The minimum absolute atomic E-state index is 0.120. The van der Waals surface area contributed by atoms with Crippen LogP contribution in [0.5, 0.6) is 5.75 Å². The van der Waals surface area contributed by atoms with Gasteiger partial charge in [-0.05, 0) is 44.4 Å². The van der Waals surface area contributed by atoms with E-state index in [-0.39, 0.29) is 6.10 Å². The van der Waals surface area contributed by atoms with E-state index < -0.39 is 5.67 Å². The number of alkyl halides is 1. The number of halogens is 1. The lowest BCUT2D eigenvalue weighted by molar-refractivity contribution is 0.0868. The van der Waals surface area contributed by atoms with Gasteiger partial charge in [-0.1, -0.05) is 12.1 Å². The fourth-order valence-corrected chi connectivity index (χ4v) is 3.44. The van der Waals surface area contributed by atoms with Crippen LogP contribution in [0.4, 0.5) is 4.39 Å². The third-order valence-corrected chi connectivity index (χ3v) is 4.20. The molecular formula is C16H22FNO. The lowest BCUT2D eigenvalue weighted by Gasteiger charge is -2.35. The first-order chi connectivity index (χ1) is 9.05. The number of nitrogens with one attached hydrogen (secondary N) is 1. The van der Waals surface area contributed by atoms with Gasteiger partial charge in [0.2, 0.25) is 0 Å². The van der Waals surface area contributed by atoms with Crippen LogP contribution in [0.3, 0.4) is 0 Å². The monoisotopic (exact) mass is 263 g/mol. The van der Waals surface area contributed by atoms with Crippen molar-refractivity contribution < 1.29 is 9.13 Å². The minimum atomic E-state index is -1.19. The Labute approximate surface area is 114 Å². The third kappa shape index (κ3) is 2.62. The van der Waals surface area contributed by atoms with Crippen molar-refractivity contribution in [3.63, 3.8) is 0 Å². The molecule has 104 valence electrons. The van der Waals surface area contributed by atoms with Crippen molar-refractivity contribution in [3.8, 4) is 5.75 Å². The number of hydrogen-bond donors (Lipinski definition) is 1. The van der Waals surface area contributed by atoms with Crippen LogP contribution in [-0.2, 0) is 5.67 Å². The van der Waals surface area contributed by atoms with Gasteiger partial charge in [0, 0.05) is 24.9 Å². The Balaban J connectivity index is 1.84. The molecule has 2 saturated heterocycles. The SMILES string of the molecule is CC(C)Oc1cccc(C2(F)CC3CCC(C2)N3)c1. The van der Waals surface area contributed by atoms with E-state index in [1.54, 1.807) is 0 Å². The molecular weight excluding hydrogens is 241 g/mol. The van der Waals surface area contributed by atoms with Crippen LogP contribution in [0.25, 0.3) is 0 Å². The summed E-state index contributed by atoms with van der Waals surface area (Å²) >= 11 is 0. The van der Waals surface area contributed by atoms with Gasteiger partial charge in [0.15, 0.2) is 0 Å². The van der Waals surface area contributed by atoms with E-state index in [0.717, 1.165) is 24.2 Å². The molecule has 2 heterocycles. The molecule has 0 radical (unpaired) electrons. The average molecular weight is 263 g/mol. The summed E-state index contributed by atoms with van der Waals surface area (Å²) in [6.45, 7) is 3.98. The molecule has 2 bridgehead atoms. The average Bonchev–Trinajstić information content (AvgIpc) is 2.69. The van der Waals surface area contributed by atoms with Gasteiger partial charge in [-0.25, -0.2) is 4.39 Å². The highest BCUT2D eigenvalue weighted by molar-refractivity contribution is 5.33. The molecule has 19 heavy (non-hydrogen) atoms. The molecule has 3 rings (SSSR count). The summed E-state index contributed by atoms with van der Waals surface area (Å²) in [7, 11) is 0. The molecule has 0 saturated carbocycles. The number of fused-ring (bicyclic) bond motifs is 2. The summed E-state index contributed by atoms with van der Waals surface area (Å²) in [5, 5.41) is 3.49. The van der Waals surface area contributed by atoms with E-state index in [0.29, 0.717) is 24.9 Å². The highest BCUT2D eigenvalue weighted by atomic mass is 19.1. The molecule has 2 aliphatic rings. The first-order valence-corrected chi connectivity index (χ1v) is 7.27. The maximum atomic E-state index is 15.3. The van der Waals surface area contributed by atoms with Crippen molar-refractivity contribution in [1.29, 1.82) is 0 Å². The molecule has 3 heteroatoms. The zero-order valence-corrected chi connectivity index (χ0v) is 11.7. The van der Waals surface area contributed by atoms with Crippen LogP contribution in [0.1, 0.15) is 45.1 Å². The van der Waals surface area contributed by atoms with Crippen molar-refractivity contribution in [2.24, 2.45) is 0 Å². The maximum Gasteiger partial charge on any atom is 0.139 e. The molecule has 2 unspecified atom stereocenters. The van der Waals surface area contributed by atoms with Crippen molar-refractivity contribution in [2.75, 3.05) is 0 Å². The smallest absolute Gasteiger partial charge is 0.139 e. The molecule has 0 amide bonds. The Hall–Kier alpha value is -1.09. The van der Waals surface area contributed by atoms with Crippen molar-refractivity contribution in [1.82, 2.24) is 5.32 Å². The highest BCUT2D eigenvalue weighted by Gasteiger charge is 2.45. The van der Waals surface area contributed by atoms with Gasteiger partial charge < -0.3 is 10.1 Å². The Bertz CT molecular complexity index is 448. The summed E-state index contributed by atoms with van der Waals surface area (Å²) in [5.74, 6) is 0.774.